The van der Waals surface area contributed by atoms with Crippen molar-refractivity contribution in [2.75, 3.05) is 5.32 Å². The highest BCUT2D eigenvalue weighted by Gasteiger charge is 2.34. The highest BCUT2D eigenvalue weighted by Crippen LogP contribution is 2.41. The summed E-state index contributed by atoms with van der Waals surface area (Å²) in [4.78, 5) is 24.5. The summed E-state index contributed by atoms with van der Waals surface area (Å²) in [6.45, 7) is 0. The molecule has 2 amide bonds. The van der Waals surface area contributed by atoms with Gasteiger partial charge in [0.1, 0.15) is 0 Å². The molecular formula is C18H15Cl3N2O2. The summed E-state index contributed by atoms with van der Waals surface area (Å²) in [7, 11) is 0. The van der Waals surface area contributed by atoms with Crippen LogP contribution in [0.5, 0.6) is 0 Å². The zero-order valence-corrected chi connectivity index (χ0v) is 15.3. The second-order valence-corrected chi connectivity index (χ2v) is 7.12. The predicted molar refractivity (Wildman–Crippen MR) is 100 cm³/mol. The zero-order chi connectivity index (χ0) is 18.0. The first-order chi connectivity index (χ1) is 12.0. The molecular weight excluding hydrogens is 383 g/mol. The molecule has 130 valence electrons. The van der Waals surface area contributed by atoms with E-state index in [0.717, 1.165) is 18.4 Å². The molecule has 0 saturated heterocycles. The molecule has 3 rings (SSSR count). The van der Waals surface area contributed by atoms with E-state index in [4.69, 9.17) is 34.8 Å². The van der Waals surface area contributed by atoms with Crippen LogP contribution in [0.15, 0.2) is 42.5 Å². The first-order valence-corrected chi connectivity index (χ1v) is 8.90. The Labute approximate surface area is 160 Å². The number of amides is 2. The quantitative estimate of drug-likeness (QED) is 0.724. The second-order valence-electron chi connectivity index (χ2n) is 5.90. The van der Waals surface area contributed by atoms with Crippen LogP contribution in [0.2, 0.25) is 15.1 Å². The molecule has 7 heteroatoms. The fraction of sp³-hybridized carbons (Fsp3) is 0.222. The minimum Gasteiger partial charge on any atom is -0.341 e. The molecule has 2 aromatic carbocycles. The molecule has 0 radical (unpaired) electrons. The lowest BCUT2D eigenvalue weighted by molar-refractivity contribution is -0.136. The summed E-state index contributed by atoms with van der Waals surface area (Å²) in [6.07, 6.45) is 2.02. The van der Waals surface area contributed by atoms with Gasteiger partial charge in [0, 0.05) is 5.02 Å². The molecule has 1 unspecified atom stereocenters. The van der Waals surface area contributed by atoms with Gasteiger partial charge in [-0.3, -0.25) is 9.59 Å². The number of carbonyl (C=O) groups is 2. The number of halogens is 3. The van der Waals surface area contributed by atoms with Gasteiger partial charge in [-0.05, 0) is 48.6 Å². The highest BCUT2D eigenvalue weighted by molar-refractivity contribution is 6.45. The average molecular weight is 398 g/mol. The van der Waals surface area contributed by atoms with Crippen LogP contribution in [0.4, 0.5) is 5.69 Å². The number of benzene rings is 2. The summed E-state index contributed by atoms with van der Waals surface area (Å²) in [6, 6.07) is 11.9. The van der Waals surface area contributed by atoms with Gasteiger partial charge in [0.05, 0.1) is 21.8 Å². The lowest BCUT2D eigenvalue weighted by Crippen LogP contribution is -2.38. The number of rotatable bonds is 4. The third-order valence-corrected chi connectivity index (χ3v) is 5.09. The van der Waals surface area contributed by atoms with Crippen molar-refractivity contribution in [3.8, 4) is 0 Å². The maximum absolute atomic E-state index is 12.3. The molecule has 0 spiro atoms. The van der Waals surface area contributed by atoms with Crippen LogP contribution in [0.3, 0.4) is 0 Å². The predicted octanol–water partition coefficient (Wildman–Crippen LogP) is 4.85. The van der Waals surface area contributed by atoms with Crippen LogP contribution < -0.4 is 10.6 Å². The van der Waals surface area contributed by atoms with Gasteiger partial charge in [-0.25, -0.2) is 0 Å². The minimum atomic E-state index is -0.788. The van der Waals surface area contributed by atoms with Gasteiger partial charge in [0.25, 0.3) is 0 Å². The fourth-order valence-corrected chi connectivity index (χ4v) is 3.03. The minimum absolute atomic E-state index is 0.196. The molecule has 0 aromatic heterocycles. The van der Waals surface area contributed by atoms with Gasteiger partial charge < -0.3 is 10.6 Å². The van der Waals surface area contributed by atoms with E-state index in [-0.39, 0.29) is 11.1 Å². The van der Waals surface area contributed by atoms with Gasteiger partial charge >= 0.3 is 11.8 Å². The van der Waals surface area contributed by atoms with Crippen LogP contribution in [-0.4, -0.2) is 11.8 Å². The molecule has 25 heavy (non-hydrogen) atoms. The van der Waals surface area contributed by atoms with Crippen molar-refractivity contribution in [3.63, 3.8) is 0 Å². The van der Waals surface area contributed by atoms with E-state index in [1.54, 1.807) is 30.3 Å². The molecule has 2 aromatic rings. The van der Waals surface area contributed by atoms with Crippen molar-refractivity contribution >= 4 is 52.3 Å². The average Bonchev–Trinajstić information content (AvgIpc) is 3.42. The molecule has 0 aliphatic heterocycles. The molecule has 4 nitrogen and oxygen atoms in total. The van der Waals surface area contributed by atoms with Crippen LogP contribution in [0.25, 0.3) is 0 Å². The normalized spacial score (nSPS) is 14.7. The molecule has 0 bridgehead atoms. The van der Waals surface area contributed by atoms with Crippen molar-refractivity contribution < 1.29 is 9.59 Å². The Morgan fingerprint density at radius 3 is 2.28 bits per heavy atom. The van der Waals surface area contributed by atoms with Gasteiger partial charge in [0.15, 0.2) is 0 Å². The number of nitrogens with one attached hydrogen (secondary N) is 2. The first-order valence-electron chi connectivity index (χ1n) is 7.77. The third-order valence-electron chi connectivity index (χ3n) is 4.02. The van der Waals surface area contributed by atoms with Gasteiger partial charge in [-0.1, -0.05) is 53.0 Å². The number of carbonyl (C=O) groups excluding carboxylic acids is 2. The number of hydrogen-bond donors (Lipinski definition) is 2. The molecule has 1 aliphatic carbocycles. The van der Waals surface area contributed by atoms with Crippen LogP contribution in [0.1, 0.15) is 24.4 Å². The van der Waals surface area contributed by atoms with Crippen LogP contribution >= 0.6 is 34.8 Å². The zero-order valence-electron chi connectivity index (χ0n) is 13.1. The summed E-state index contributed by atoms with van der Waals surface area (Å²) in [5.41, 5.74) is 1.22. The van der Waals surface area contributed by atoms with E-state index in [2.05, 4.69) is 10.6 Å². The van der Waals surface area contributed by atoms with Crippen molar-refractivity contribution in [2.24, 2.45) is 5.92 Å². The Bertz CT molecular complexity index is 804. The standard InChI is InChI=1S/C18H15Cl3N2O2/c19-12-8-6-11(7-9-12)16(10-4-5-10)23-18(25)17(24)22-14-3-1-2-13(20)15(14)21/h1-3,6-10,16H,4-5H2,(H,22,24)(H,23,25). The first kappa shape index (κ1) is 18.1. The Morgan fingerprint density at radius 1 is 0.960 bits per heavy atom. The summed E-state index contributed by atoms with van der Waals surface area (Å²) in [5, 5.41) is 6.41. The van der Waals surface area contributed by atoms with Crippen molar-refractivity contribution in [3.05, 3.63) is 63.1 Å². The lowest BCUT2D eigenvalue weighted by atomic mass is 10.0. The van der Waals surface area contributed by atoms with Gasteiger partial charge in [0.2, 0.25) is 0 Å². The largest absolute Gasteiger partial charge is 0.341 e. The molecule has 1 atom stereocenters. The maximum Gasteiger partial charge on any atom is 0.313 e. The maximum atomic E-state index is 12.3. The summed E-state index contributed by atoms with van der Waals surface area (Å²) < 4.78 is 0. The Morgan fingerprint density at radius 2 is 1.64 bits per heavy atom. The highest BCUT2D eigenvalue weighted by atomic mass is 35.5. The molecule has 1 saturated carbocycles. The third kappa shape index (κ3) is 4.46. The second kappa shape index (κ2) is 7.65. The number of hydrogen-bond acceptors (Lipinski definition) is 2. The van der Waals surface area contributed by atoms with Gasteiger partial charge in [-0.15, -0.1) is 0 Å². The van der Waals surface area contributed by atoms with E-state index in [9.17, 15) is 9.59 Å². The summed E-state index contributed by atoms with van der Waals surface area (Å²) in [5.74, 6) is -1.18. The van der Waals surface area contributed by atoms with Crippen LogP contribution in [0, 0.1) is 5.92 Å². The molecule has 2 N–H and O–H groups in total. The Balaban J connectivity index is 1.70. The Kier molecular flexibility index (Phi) is 5.52. The molecule has 0 heterocycles. The van der Waals surface area contributed by atoms with Crippen LogP contribution in [-0.2, 0) is 9.59 Å². The molecule has 1 aliphatic rings. The van der Waals surface area contributed by atoms with E-state index in [1.165, 1.54) is 0 Å². The molecule has 1 fully saturated rings. The van der Waals surface area contributed by atoms with Crippen molar-refractivity contribution in [2.45, 2.75) is 18.9 Å². The monoisotopic (exact) mass is 396 g/mol. The van der Waals surface area contributed by atoms with Crippen molar-refractivity contribution in [1.82, 2.24) is 5.32 Å². The van der Waals surface area contributed by atoms with E-state index in [0.29, 0.717) is 21.7 Å². The number of anilines is 1. The fourth-order valence-electron chi connectivity index (χ4n) is 2.56. The van der Waals surface area contributed by atoms with Gasteiger partial charge in [-0.2, -0.15) is 0 Å². The van der Waals surface area contributed by atoms with E-state index >= 15 is 0 Å². The summed E-state index contributed by atoms with van der Waals surface area (Å²) >= 11 is 17.8. The lowest BCUT2D eigenvalue weighted by Gasteiger charge is -2.19. The smallest absolute Gasteiger partial charge is 0.313 e. The Hall–Kier alpha value is -1.75. The topological polar surface area (TPSA) is 58.2 Å². The van der Waals surface area contributed by atoms with Crippen molar-refractivity contribution in [1.29, 1.82) is 0 Å². The SMILES string of the molecule is O=C(Nc1cccc(Cl)c1Cl)C(=O)NC(c1ccc(Cl)cc1)C1CC1. The van der Waals surface area contributed by atoms with E-state index in [1.807, 2.05) is 12.1 Å². The van der Waals surface area contributed by atoms with E-state index < -0.39 is 11.8 Å².